The molecule has 0 saturated heterocycles. The summed E-state index contributed by atoms with van der Waals surface area (Å²) in [4.78, 5) is 15.8. The molecule has 27 heavy (non-hydrogen) atoms. The summed E-state index contributed by atoms with van der Waals surface area (Å²) >= 11 is 0. The van der Waals surface area contributed by atoms with E-state index in [4.69, 9.17) is 9.15 Å². The molecule has 1 N–H and O–H groups in total. The van der Waals surface area contributed by atoms with Gasteiger partial charge >= 0.3 is 5.97 Å². The van der Waals surface area contributed by atoms with Crippen LogP contribution in [0.1, 0.15) is 17.9 Å². The number of para-hydroxylation sites is 2. The Morgan fingerprint density at radius 3 is 2.67 bits per heavy atom. The molecule has 5 heteroatoms. The van der Waals surface area contributed by atoms with Gasteiger partial charge in [-0.05, 0) is 52.7 Å². The average Bonchev–Trinajstić information content (AvgIpc) is 3.11. The summed E-state index contributed by atoms with van der Waals surface area (Å²) in [6.07, 6.45) is 1.63. The normalized spacial score (nSPS) is 11.8. The number of methoxy groups -OCH3 is 1. The molecule has 0 spiro atoms. The molecule has 0 amide bonds. The lowest BCUT2D eigenvalue weighted by Gasteiger charge is -2.05. The molecule has 0 atom stereocenters. The fraction of sp³-hybridized carbons (Fsp3) is 0.0909. The van der Waals surface area contributed by atoms with Gasteiger partial charge in [0.05, 0.1) is 13.5 Å². The van der Waals surface area contributed by atoms with Crippen molar-refractivity contribution in [1.29, 1.82) is 0 Å². The van der Waals surface area contributed by atoms with Gasteiger partial charge in [0.2, 0.25) is 5.89 Å². The van der Waals surface area contributed by atoms with Gasteiger partial charge in [-0.15, -0.1) is 0 Å². The van der Waals surface area contributed by atoms with Crippen LogP contribution >= 0.6 is 0 Å². The Kier molecular flexibility index (Phi) is 4.34. The van der Waals surface area contributed by atoms with Gasteiger partial charge in [-0.3, -0.25) is 4.79 Å². The molecule has 1 heterocycles. The van der Waals surface area contributed by atoms with E-state index in [1.807, 2.05) is 66.7 Å². The van der Waals surface area contributed by atoms with E-state index in [-0.39, 0.29) is 6.42 Å². The van der Waals surface area contributed by atoms with Crippen molar-refractivity contribution >= 4 is 39.5 Å². The van der Waals surface area contributed by atoms with Crippen molar-refractivity contribution in [2.45, 2.75) is 6.42 Å². The molecule has 134 valence electrons. The van der Waals surface area contributed by atoms with Crippen LogP contribution in [-0.2, 0) is 4.79 Å². The average molecular weight is 359 g/mol. The molecule has 3 aromatic carbocycles. The lowest BCUT2D eigenvalue weighted by molar-refractivity contribution is -0.135. The lowest BCUT2D eigenvalue weighted by atomic mass is 10.0. The molecule has 0 fully saturated rings. The fourth-order valence-electron chi connectivity index (χ4n) is 3.02. The van der Waals surface area contributed by atoms with E-state index in [9.17, 15) is 9.90 Å². The number of aromatic nitrogens is 1. The Balaban J connectivity index is 1.78. The van der Waals surface area contributed by atoms with Crippen molar-refractivity contribution in [3.05, 3.63) is 72.1 Å². The van der Waals surface area contributed by atoms with E-state index in [1.165, 1.54) is 0 Å². The quantitative estimate of drug-likeness (QED) is 0.542. The maximum absolute atomic E-state index is 11.3. The number of nitrogens with zero attached hydrogens (tertiary/aromatic N) is 1. The van der Waals surface area contributed by atoms with Gasteiger partial charge in [0.25, 0.3) is 0 Å². The van der Waals surface area contributed by atoms with Gasteiger partial charge in [-0.2, -0.15) is 0 Å². The summed E-state index contributed by atoms with van der Waals surface area (Å²) in [5, 5.41) is 11.4. The Morgan fingerprint density at radius 1 is 1.11 bits per heavy atom. The zero-order valence-electron chi connectivity index (χ0n) is 14.7. The van der Waals surface area contributed by atoms with Crippen molar-refractivity contribution in [2.75, 3.05) is 7.11 Å². The Labute approximate surface area is 155 Å². The number of aliphatic carboxylic acids is 1. The van der Waals surface area contributed by atoms with Crippen LogP contribution in [0.4, 0.5) is 0 Å². The standard InChI is InChI=1S/C22H17NO4/c1-26-18-9-8-15-10-14(6-7-16(15)12-18)11-17(13-21(24)25)22-23-19-4-2-3-5-20(19)27-22/h2-12H,13H2,1H3,(H,24,25)/b17-11+. The number of hydrogen-bond donors (Lipinski definition) is 1. The Morgan fingerprint density at radius 2 is 1.89 bits per heavy atom. The highest BCUT2D eigenvalue weighted by Crippen LogP contribution is 2.27. The lowest BCUT2D eigenvalue weighted by Crippen LogP contribution is -1.97. The summed E-state index contributed by atoms with van der Waals surface area (Å²) in [5.41, 5.74) is 2.74. The van der Waals surface area contributed by atoms with Crippen molar-refractivity contribution in [2.24, 2.45) is 0 Å². The van der Waals surface area contributed by atoms with Crippen LogP contribution in [0, 0.1) is 0 Å². The second-order valence-corrected chi connectivity index (χ2v) is 6.20. The molecule has 0 bridgehead atoms. The highest BCUT2D eigenvalue weighted by Gasteiger charge is 2.14. The molecular weight excluding hydrogens is 342 g/mol. The highest BCUT2D eigenvalue weighted by atomic mass is 16.5. The molecule has 0 aliphatic carbocycles. The van der Waals surface area contributed by atoms with Gasteiger partial charge in [-0.1, -0.05) is 30.3 Å². The number of carbonyl (C=O) groups is 1. The van der Waals surface area contributed by atoms with Crippen LogP contribution in [0.15, 0.2) is 65.1 Å². The molecule has 0 unspecified atom stereocenters. The first-order chi connectivity index (χ1) is 13.1. The van der Waals surface area contributed by atoms with Crippen LogP contribution in [-0.4, -0.2) is 23.2 Å². The maximum Gasteiger partial charge on any atom is 0.308 e. The molecular formula is C22H17NO4. The number of rotatable bonds is 5. The predicted octanol–water partition coefficient (Wildman–Crippen LogP) is 5.00. The third-order valence-electron chi connectivity index (χ3n) is 4.32. The summed E-state index contributed by atoms with van der Waals surface area (Å²) < 4.78 is 11.0. The van der Waals surface area contributed by atoms with Crippen molar-refractivity contribution in [1.82, 2.24) is 4.98 Å². The van der Waals surface area contributed by atoms with E-state index < -0.39 is 5.97 Å². The molecule has 4 aromatic rings. The third kappa shape index (κ3) is 3.53. The SMILES string of the molecule is COc1ccc2cc(/C=C(\CC(=O)O)c3nc4ccccc4o3)ccc2c1. The van der Waals surface area contributed by atoms with E-state index >= 15 is 0 Å². The topological polar surface area (TPSA) is 72.6 Å². The monoisotopic (exact) mass is 359 g/mol. The maximum atomic E-state index is 11.3. The first-order valence-corrected chi connectivity index (χ1v) is 8.48. The predicted molar refractivity (Wildman–Crippen MR) is 105 cm³/mol. The van der Waals surface area contributed by atoms with E-state index in [2.05, 4.69) is 4.98 Å². The van der Waals surface area contributed by atoms with Crippen molar-refractivity contribution in [3.63, 3.8) is 0 Å². The number of carboxylic acids is 1. The summed E-state index contributed by atoms with van der Waals surface area (Å²) in [6, 6.07) is 19.1. The van der Waals surface area contributed by atoms with E-state index in [0.29, 0.717) is 22.6 Å². The van der Waals surface area contributed by atoms with Crippen LogP contribution in [0.2, 0.25) is 0 Å². The molecule has 0 aliphatic heterocycles. The minimum Gasteiger partial charge on any atom is -0.497 e. The summed E-state index contributed by atoms with van der Waals surface area (Å²) in [6.45, 7) is 0. The number of oxazole rings is 1. The van der Waals surface area contributed by atoms with Gasteiger partial charge in [-0.25, -0.2) is 4.98 Å². The molecule has 1 aromatic heterocycles. The summed E-state index contributed by atoms with van der Waals surface area (Å²) in [7, 11) is 1.64. The first kappa shape index (κ1) is 16.8. The number of hydrogen-bond acceptors (Lipinski definition) is 4. The second-order valence-electron chi connectivity index (χ2n) is 6.20. The second kappa shape index (κ2) is 6.96. The van der Waals surface area contributed by atoms with Crippen LogP contribution in [0.5, 0.6) is 5.75 Å². The van der Waals surface area contributed by atoms with Crippen LogP contribution < -0.4 is 4.74 Å². The minimum atomic E-state index is -0.936. The largest absolute Gasteiger partial charge is 0.497 e. The number of fused-ring (bicyclic) bond motifs is 2. The number of ether oxygens (including phenoxy) is 1. The fourth-order valence-corrected chi connectivity index (χ4v) is 3.02. The third-order valence-corrected chi connectivity index (χ3v) is 4.32. The minimum absolute atomic E-state index is 0.173. The number of benzene rings is 3. The molecule has 0 saturated carbocycles. The Hall–Kier alpha value is -3.60. The van der Waals surface area contributed by atoms with Crippen molar-refractivity contribution in [3.8, 4) is 5.75 Å². The zero-order chi connectivity index (χ0) is 18.8. The smallest absolute Gasteiger partial charge is 0.308 e. The van der Waals surface area contributed by atoms with Gasteiger partial charge < -0.3 is 14.3 Å². The van der Waals surface area contributed by atoms with Crippen LogP contribution in [0.3, 0.4) is 0 Å². The summed E-state index contributed by atoms with van der Waals surface area (Å²) in [5.74, 6) is 0.186. The van der Waals surface area contributed by atoms with E-state index in [0.717, 1.165) is 22.1 Å². The first-order valence-electron chi connectivity index (χ1n) is 8.48. The molecule has 4 rings (SSSR count). The Bertz CT molecular complexity index is 1140. The number of carboxylic acid groups (broad SMARTS) is 1. The highest BCUT2D eigenvalue weighted by molar-refractivity contribution is 5.93. The van der Waals surface area contributed by atoms with Gasteiger partial charge in [0.15, 0.2) is 5.58 Å². The van der Waals surface area contributed by atoms with Gasteiger partial charge in [0.1, 0.15) is 11.3 Å². The molecule has 0 aliphatic rings. The van der Waals surface area contributed by atoms with Crippen LogP contribution in [0.25, 0.3) is 33.5 Å². The zero-order valence-corrected chi connectivity index (χ0v) is 14.7. The van der Waals surface area contributed by atoms with Gasteiger partial charge in [0, 0.05) is 5.57 Å². The van der Waals surface area contributed by atoms with Crippen molar-refractivity contribution < 1.29 is 19.1 Å². The van der Waals surface area contributed by atoms with E-state index in [1.54, 1.807) is 7.11 Å². The molecule has 0 radical (unpaired) electrons. The molecule has 5 nitrogen and oxygen atoms in total.